The molecular formula is C16H20O2. The van der Waals surface area contributed by atoms with Gasteiger partial charge in [-0.1, -0.05) is 35.9 Å². The average molecular weight is 244 g/mol. The summed E-state index contributed by atoms with van der Waals surface area (Å²) >= 11 is 0. The molecule has 2 heteroatoms. The average Bonchev–Trinajstić information content (AvgIpc) is 2.34. The lowest BCUT2D eigenvalue weighted by Crippen LogP contribution is -1.89. The molecule has 0 fully saturated rings. The van der Waals surface area contributed by atoms with Crippen molar-refractivity contribution in [1.82, 2.24) is 0 Å². The summed E-state index contributed by atoms with van der Waals surface area (Å²) in [6.07, 6.45) is 0. The van der Waals surface area contributed by atoms with E-state index >= 15 is 0 Å². The summed E-state index contributed by atoms with van der Waals surface area (Å²) in [4.78, 5) is 0. The molecule has 0 aliphatic rings. The maximum absolute atomic E-state index is 8.76. The second-order valence-corrected chi connectivity index (χ2v) is 4.26. The van der Waals surface area contributed by atoms with Crippen molar-refractivity contribution in [2.75, 3.05) is 7.11 Å². The number of rotatable bonds is 1. The van der Waals surface area contributed by atoms with Gasteiger partial charge in [-0.15, -0.1) is 0 Å². The fraction of sp³-hybridized carbons (Fsp3) is 0.250. The number of phenolic OH excluding ortho intramolecular Hbond substituents is 1. The number of phenols is 1. The summed E-state index contributed by atoms with van der Waals surface area (Å²) < 4.78 is 5.18. The van der Waals surface area contributed by atoms with E-state index in [0.717, 1.165) is 5.75 Å². The van der Waals surface area contributed by atoms with Crippen LogP contribution >= 0.6 is 0 Å². The van der Waals surface area contributed by atoms with Crippen molar-refractivity contribution in [3.05, 3.63) is 59.2 Å². The molecule has 0 saturated carbocycles. The standard InChI is InChI=1S/C9H12O.C7H8O/c1-7-5-4-6-8(2)9(7)10-3;1-6-2-4-7(8)5-3-6/h4-6H,1-3H3;2-5,8H,1H3. The number of hydrogen-bond acceptors (Lipinski definition) is 2. The Kier molecular flexibility index (Phi) is 5.25. The van der Waals surface area contributed by atoms with Crippen molar-refractivity contribution < 1.29 is 9.84 Å². The summed E-state index contributed by atoms with van der Waals surface area (Å²) in [7, 11) is 1.70. The third kappa shape index (κ3) is 4.13. The van der Waals surface area contributed by atoms with Crippen molar-refractivity contribution in [2.45, 2.75) is 20.8 Å². The first kappa shape index (κ1) is 14.1. The van der Waals surface area contributed by atoms with Gasteiger partial charge in [-0.25, -0.2) is 0 Å². The minimum absolute atomic E-state index is 0.329. The third-order valence-corrected chi connectivity index (χ3v) is 2.65. The second-order valence-electron chi connectivity index (χ2n) is 4.26. The van der Waals surface area contributed by atoms with Crippen LogP contribution in [0.1, 0.15) is 16.7 Å². The van der Waals surface area contributed by atoms with Crippen LogP contribution in [0.15, 0.2) is 42.5 Å². The lowest BCUT2D eigenvalue weighted by atomic mass is 10.1. The molecule has 2 rings (SSSR count). The van der Waals surface area contributed by atoms with E-state index in [4.69, 9.17) is 9.84 Å². The summed E-state index contributed by atoms with van der Waals surface area (Å²) in [6.45, 7) is 6.08. The quantitative estimate of drug-likeness (QED) is 0.821. The van der Waals surface area contributed by atoms with Crippen molar-refractivity contribution in [3.8, 4) is 11.5 Å². The third-order valence-electron chi connectivity index (χ3n) is 2.65. The molecule has 2 aromatic carbocycles. The largest absolute Gasteiger partial charge is 0.508 e. The van der Waals surface area contributed by atoms with Crippen molar-refractivity contribution in [1.29, 1.82) is 0 Å². The van der Waals surface area contributed by atoms with Crippen LogP contribution in [0.3, 0.4) is 0 Å². The van der Waals surface area contributed by atoms with E-state index in [1.54, 1.807) is 19.2 Å². The Labute approximate surface area is 109 Å². The van der Waals surface area contributed by atoms with E-state index in [-0.39, 0.29) is 0 Å². The Bertz CT molecular complexity index is 446. The Morgan fingerprint density at radius 3 is 1.67 bits per heavy atom. The topological polar surface area (TPSA) is 29.5 Å². The maximum Gasteiger partial charge on any atom is 0.124 e. The SMILES string of the molecule is COc1c(C)cccc1C.Cc1ccc(O)cc1. The smallest absolute Gasteiger partial charge is 0.124 e. The van der Waals surface area contributed by atoms with Crippen LogP contribution in [0, 0.1) is 20.8 Å². The van der Waals surface area contributed by atoms with Crippen LogP contribution in [0.25, 0.3) is 0 Å². The summed E-state index contributed by atoms with van der Waals surface area (Å²) in [6, 6.07) is 13.2. The summed E-state index contributed by atoms with van der Waals surface area (Å²) in [5.41, 5.74) is 3.56. The number of aromatic hydroxyl groups is 1. The minimum Gasteiger partial charge on any atom is -0.508 e. The van der Waals surface area contributed by atoms with Crippen molar-refractivity contribution >= 4 is 0 Å². The van der Waals surface area contributed by atoms with Crippen LogP contribution in [0.5, 0.6) is 11.5 Å². The van der Waals surface area contributed by atoms with Crippen LogP contribution < -0.4 is 4.74 Å². The molecule has 0 aromatic heterocycles. The molecule has 0 aliphatic carbocycles. The lowest BCUT2D eigenvalue weighted by molar-refractivity contribution is 0.408. The van der Waals surface area contributed by atoms with Gasteiger partial charge in [-0.05, 0) is 44.0 Å². The fourth-order valence-electron chi connectivity index (χ4n) is 1.67. The Morgan fingerprint density at radius 1 is 0.833 bits per heavy atom. The predicted molar refractivity (Wildman–Crippen MR) is 75.3 cm³/mol. The van der Waals surface area contributed by atoms with Gasteiger partial charge in [-0.3, -0.25) is 0 Å². The Hall–Kier alpha value is -1.96. The lowest BCUT2D eigenvalue weighted by Gasteiger charge is -2.06. The Balaban J connectivity index is 0.000000184. The van der Waals surface area contributed by atoms with Crippen LogP contribution in [0.2, 0.25) is 0 Å². The molecule has 18 heavy (non-hydrogen) atoms. The zero-order valence-electron chi connectivity index (χ0n) is 11.4. The number of benzene rings is 2. The summed E-state index contributed by atoms with van der Waals surface area (Å²) in [5.74, 6) is 1.33. The zero-order valence-corrected chi connectivity index (χ0v) is 11.4. The minimum atomic E-state index is 0.329. The van der Waals surface area contributed by atoms with Crippen LogP contribution in [0.4, 0.5) is 0 Å². The van der Waals surface area contributed by atoms with Gasteiger partial charge < -0.3 is 9.84 Å². The van der Waals surface area contributed by atoms with Gasteiger partial charge >= 0.3 is 0 Å². The van der Waals surface area contributed by atoms with Gasteiger partial charge in [0, 0.05) is 0 Å². The highest BCUT2D eigenvalue weighted by atomic mass is 16.5. The van der Waals surface area contributed by atoms with Gasteiger partial charge in [0.2, 0.25) is 0 Å². The first-order chi connectivity index (χ1) is 8.54. The molecule has 2 aromatic rings. The molecule has 1 N–H and O–H groups in total. The molecule has 0 spiro atoms. The molecule has 2 nitrogen and oxygen atoms in total. The van der Waals surface area contributed by atoms with E-state index < -0.39 is 0 Å². The molecule has 96 valence electrons. The van der Waals surface area contributed by atoms with Gasteiger partial charge in [0.15, 0.2) is 0 Å². The van der Waals surface area contributed by atoms with Gasteiger partial charge in [-0.2, -0.15) is 0 Å². The highest BCUT2D eigenvalue weighted by Crippen LogP contribution is 2.20. The molecule has 0 heterocycles. The highest BCUT2D eigenvalue weighted by Gasteiger charge is 1.98. The van der Waals surface area contributed by atoms with Gasteiger partial charge in [0.1, 0.15) is 11.5 Å². The van der Waals surface area contributed by atoms with E-state index in [9.17, 15) is 0 Å². The number of ether oxygens (including phenoxy) is 1. The maximum atomic E-state index is 8.76. The molecular weight excluding hydrogens is 224 g/mol. The second kappa shape index (κ2) is 6.70. The monoisotopic (exact) mass is 244 g/mol. The molecule has 0 radical (unpaired) electrons. The van der Waals surface area contributed by atoms with Gasteiger partial charge in [0.05, 0.1) is 7.11 Å². The van der Waals surface area contributed by atoms with E-state index in [1.165, 1.54) is 16.7 Å². The molecule has 0 atom stereocenters. The van der Waals surface area contributed by atoms with Gasteiger partial charge in [0.25, 0.3) is 0 Å². The van der Waals surface area contributed by atoms with Crippen LogP contribution in [-0.2, 0) is 0 Å². The molecule has 0 amide bonds. The van der Waals surface area contributed by atoms with E-state index in [2.05, 4.69) is 0 Å². The van der Waals surface area contributed by atoms with Crippen molar-refractivity contribution in [3.63, 3.8) is 0 Å². The van der Waals surface area contributed by atoms with E-state index in [1.807, 2.05) is 51.1 Å². The first-order valence-electron chi connectivity index (χ1n) is 5.90. The number of para-hydroxylation sites is 1. The fourth-order valence-corrected chi connectivity index (χ4v) is 1.67. The molecule has 0 aliphatic heterocycles. The van der Waals surface area contributed by atoms with Crippen LogP contribution in [-0.4, -0.2) is 12.2 Å². The Morgan fingerprint density at radius 2 is 1.33 bits per heavy atom. The molecule has 0 bridgehead atoms. The predicted octanol–water partition coefficient (Wildman–Crippen LogP) is 4.01. The van der Waals surface area contributed by atoms with Crippen molar-refractivity contribution in [2.24, 2.45) is 0 Å². The highest BCUT2D eigenvalue weighted by molar-refractivity contribution is 5.39. The number of aryl methyl sites for hydroxylation is 3. The zero-order chi connectivity index (χ0) is 13.5. The van der Waals surface area contributed by atoms with E-state index in [0.29, 0.717) is 5.75 Å². The first-order valence-corrected chi connectivity index (χ1v) is 5.90. The summed E-state index contributed by atoms with van der Waals surface area (Å²) in [5, 5.41) is 8.76. The normalized spacial score (nSPS) is 9.33. The number of methoxy groups -OCH3 is 1. The molecule has 0 unspecified atom stereocenters. The number of hydrogen-bond donors (Lipinski definition) is 1. The molecule has 0 saturated heterocycles.